The summed E-state index contributed by atoms with van der Waals surface area (Å²) in [4.78, 5) is 4.13. The van der Waals surface area contributed by atoms with Crippen LogP contribution in [0.4, 0.5) is 17.3 Å². The van der Waals surface area contributed by atoms with Crippen molar-refractivity contribution in [2.24, 2.45) is 10.2 Å². The van der Waals surface area contributed by atoms with Crippen molar-refractivity contribution in [1.82, 2.24) is 4.98 Å². The van der Waals surface area contributed by atoms with Crippen LogP contribution in [0.15, 0.2) is 46.3 Å². The van der Waals surface area contributed by atoms with E-state index in [2.05, 4.69) is 32.7 Å². The van der Waals surface area contributed by atoms with Gasteiger partial charge in [-0.05, 0) is 31.1 Å². The van der Waals surface area contributed by atoms with Gasteiger partial charge in [-0.2, -0.15) is 5.11 Å². The second kappa shape index (κ2) is 5.25. The summed E-state index contributed by atoms with van der Waals surface area (Å²) in [6.07, 6.45) is 8.21. The molecule has 0 amide bonds. The molecule has 1 aromatic rings. The molecule has 88 valence electrons. The van der Waals surface area contributed by atoms with Crippen molar-refractivity contribution in [2.75, 3.05) is 18.1 Å². The van der Waals surface area contributed by atoms with Crippen LogP contribution in [0.5, 0.6) is 0 Å². The molecule has 5 heteroatoms. The molecule has 1 aliphatic carbocycles. The van der Waals surface area contributed by atoms with Crippen molar-refractivity contribution < 1.29 is 0 Å². The molecule has 3 N–H and O–H groups in total. The van der Waals surface area contributed by atoms with E-state index >= 15 is 0 Å². The quantitative estimate of drug-likeness (QED) is 0.782. The molecule has 0 unspecified atom stereocenters. The molecule has 1 heterocycles. The number of nitrogens with one attached hydrogen (secondary N) is 1. The number of pyridine rings is 1. The van der Waals surface area contributed by atoms with Crippen LogP contribution >= 0.6 is 0 Å². The second-order valence-electron chi connectivity index (χ2n) is 3.66. The minimum atomic E-state index is 0.463. The average Bonchev–Trinajstić information content (AvgIpc) is 2.38. The summed E-state index contributed by atoms with van der Waals surface area (Å²) in [6.45, 7) is 0. The Morgan fingerprint density at radius 3 is 2.88 bits per heavy atom. The molecule has 5 nitrogen and oxygen atoms in total. The smallest absolute Gasteiger partial charge is 0.156 e. The highest BCUT2D eigenvalue weighted by atomic mass is 15.1. The average molecular weight is 229 g/mol. The van der Waals surface area contributed by atoms with Gasteiger partial charge in [0.25, 0.3) is 0 Å². The van der Waals surface area contributed by atoms with Gasteiger partial charge in [-0.1, -0.05) is 12.2 Å². The number of anilines is 2. The lowest BCUT2D eigenvalue weighted by molar-refractivity contribution is 0.993. The van der Waals surface area contributed by atoms with Gasteiger partial charge in [0.05, 0.1) is 5.70 Å². The lowest BCUT2D eigenvalue weighted by Crippen LogP contribution is -1.96. The molecule has 1 aliphatic rings. The predicted molar refractivity (Wildman–Crippen MR) is 69.2 cm³/mol. The number of nitrogens with zero attached hydrogens (tertiary/aromatic N) is 3. The van der Waals surface area contributed by atoms with Gasteiger partial charge in [0, 0.05) is 7.05 Å². The third kappa shape index (κ3) is 2.90. The minimum Gasteiger partial charge on any atom is -0.384 e. The Balaban J connectivity index is 2.20. The first-order chi connectivity index (χ1) is 8.29. The van der Waals surface area contributed by atoms with Gasteiger partial charge in [0.15, 0.2) is 5.82 Å². The van der Waals surface area contributed by atoms with Crippen LogP contribution in [0.3, 0.4) is 0 Å². The Kier molecular flexibility index (Phi) is 3.49. The zero-order valence-electron chi connectivity index (χ0n) is 9.72. The molecule has 0 fully saturated rings. The number of hydrogen-bond acceptors (Lipinski definition) is 5. The predicted octanol–water partition coefficient (Wildman–Crippen LogP) is 3.02. The molecule has 2 rings (SSSR count). The summed E-state index contributed by atoms with van der Waals surface area (Å²) in [7, 11) is 1.78. The van der Waals surface area contributed by atoms with Crippen molar-refractivity contribution in [2.45, 2.75) is 12.8 Å². The van der Waals surface area contributed by atoms with Crippen molar-refractivity contribution in [3.63, 3.8) is 0 Å². The van der Waals surface area contributed by atoms with E-state index in [1.54, 1.807) is 19.2 Å². The SMILES string of the molecule is CNc1nc(N)ccc1N=NC1=CCCC=C1. The molecule has 0 saturated heterocycles. The number of azo groups is 1. The molecule has 0 radical (unpaired) electrons. The summed E-state index contributed by atoms with van der Waals surface area (Å²) >= 11 is 0. The molecule has 1 aromatic heterocycles. The van der Waals surface area contributed by atoms with Gasteiger partial charge in [-0.3, -0.25) is 0 Å². The molecule has 0 saturated carbocycles. The zero-order chi connectivity index (χ0) is 12.1. The van der Waals surface area contributed by atoms with E-state index < -0.39 is 0 Å². The number of aromatic nitrogens is 1. The van der Waals surface area contributed by atoms with Gasteiger partial charge >= 0.3 is 0 Å². The largest absolute Gasteiger partial charge is 0.384 e. The lowest BCUT2D eigenvalue weighted by Gasteiger charge is -2.04. The summed E-state index contributed by atoms with van der Waals surface area (Å²) < 4.78 is 0. The molecule has 0 atom stereocenters. The number of rotatable bonds is 3. The fraction of sp³-hybridized carbons (Fsp3) is 0.250. The summed E-state index contributed by atoms with van der Waals surface area (Å²) in [5, 5.41) is 11.3. The standard InChI is InChI=1S/C12H15N5/c1-14-12-10(7-8-11(13)15-12)17-16-9-5-3-2-4-6-9/h3,5-8H,2,4H2,1H3,(H3,13,14,15). The van der Waals surface area contributed by atoms with Gasteiger partial charge in [-0.15, -0.1) is 5.11 Å². The first-order valence-electron chi connectivity index (χ1n) is 5.52. The van der Waals surface area contributed by atoms with Crippen molar-refractivity contribution in [3.05, 3.63) is 36.1 Å². The zero-order valence-corrected chi connectivity index (χ0v) is 9.72. The van der Waals surface area contributed by atoms with Crippen LogP contribution in [-0.2, 0) is 0 Å². The molecule has 0 bridgehead atoms. The van der Waals surface area contributed by atoms with Crippen molar-refractivity contribution >= 4 is 17.3 Å². The van der Waals surface area contributed by atoms with Crippen molar-refractivity contribution in [1.29, 1.82) is 0 Å². The highest BCUT2D eigenvalue weighted by molar-refractivity contribution is 5.62. The number of hydrogen-bond donors (Lipinski definition) is 2. The third-order valence-electron chi connectivity index (χ3n) is 2.38. The van der Waals surface area contributed by atoms with E-state index in [1.165, 1.54) is 0 Å². The van der Waals surface area contributed by atoms with E-state index in [9.17, 15) is 0 Å². The molecular formula is C12H15N5. The third-order valence-corrected chi connectivity index (χ3v) is 2.38. The van der Waals surface area contributed by atoms with Crippen LogP contribution < -0.4 is 11.1 Å². The fourth-order valence-electron chi connectivity index (χ4n) is 1.52. The van der Waals surface area contributed by atoms with Crippen molar-refractivity contribution in [3.8, 4) is 0 Å². The number of nitrogen functional groups attached to an aromatic ring is 1. The molecule has 0 aromatic carbocycles. The van der Waals surface area contributed by atoms with Crippen LogP contribution in [0.2, 0.25) is 0 Å². The van der Waals surface area contributed by atoms with E-state index in [-0.39, 0.29) is 0 Å². The van der Waals surface area contributed by atoms with Crippen LogP contribution in [0.1, 0.15) is 12.8 Å². The fourth-order valence-corrected chi connectivity index (χ4v) is 1.52. The van der Waals surface area contributed by atoms with E-state index in [0.29, 0.717) is 17.3 Å². The van der Waals surface area contributed by atoms with E-state index in [0.717, 1.165) is 18.5 Å². The molecular weight excluding hydrogens is 214 g/mol. The van der Waals surface area contributed by atoms with Crippen LogP contribution in [0.25, 0.3) is 0 Å². The Morgan fingerprint density at radius 1 is 1.29 bits per heavy atom. The van der Waals surface area contributed by atoms with Gasteiger partial charge in [-0.25, -0.2) is 4.98 Å². The van der Waals surface area contributed by atoms with E-state index in [4.69, 9.17) is 5.73 Å². The molecule has 0 aliphatic heterocycles. The maximum absolute atomic E-state index is 5.60. The van der Waals surface area contributed by atoms with Crippen LogP contribution in [0, 0.1) is 0 Å². The Labute approximate surface area is 100 Å². The second-order valence-corrected chi connectivity index (χ2v) is 3.66. The highest BCUT2D eigenvalue weighted by Gasteiger charge is 2.02. The maximum Gasteiger partial charge on any atom is 0.156 e. The van der Waals surface area contributed by atoms with Gasteiger partial charge < -0.3 is 11.1 Å². The lowest BCUT2D eigenvalue weighted by atomic mass is 10.2. The Hall–Kier alpha value is -2.17. The van der Waals surface area contributed by atoms with E-state index in [1.807, 2.05) is 6.08 Å². The number of allylic oxidation sites excluding steroid dienone is 3. The number of nitrogens with two attached hydrogens (primary N) is 1. The first-order valence-corrected chi connectivity index (χ1v) is 5.52. The Morgan fingerprint density at radius 2 is 2.18 bits per heavy atom. The Bertz CT molecular complexity index is 488. The normalized spacial score (nSPS) is 15.0. The summed E-state index contributed by atoms with van der Waals surface area (Å²) in [5.41, 5.74) is 7.16. The summed E-state index contributed by atoms with van der Waals surface area (Å²) in [6, 6.07) is 3.51. The van der Waals surface area contributed by atoms with Gasteiger partial charge in [0.2, 0.25) is 0 Å². The minimum absolute atomic E-state index is 0.463. The monoisotopic (exact) mass is 229 g/mol. The van der Waals surface area contributed by atoms with Gasteiger partial charge in [0.1, 0.15) is 11.5 Å². The highest BCUT2D eigenvalue weighted by Crippen LogP contribution is 2.24. The maximum atomic E-state index is 5.60. The topological polar surface area (TPSA) is 75.7 Å². The summed E-state index contributed by atoms with van der Waals surface area (Å²) in [5.74, 6) is 1.10. The molecule has 17 heavy (non-hydrogen) atoms. The molecule has 0 spiro atoms. The van der Waals surface area contributed by atoms with Crippen LogP contribution in [-0.4, -0.2) is 12.0 Å². The first kappa shape index (κ1) is 11.3.